The Kier molecular flexibility index (Phi) is 5.42. The van der Waals surface area contributed by atoms with Crippen LogP contribution in [0.4, 0.5) is 4.79 Å². The molecule has 0 fully saturated rings. The predicted molar refractivity (Wildman–Crippen MR) is 87.8 cm³/mol. The fraction of sp³-hybridized carbons (Fsp3) is 0.278. The molecule has 0 aromatic heterocycles. The maximum atomic E-state index is 12.3. The van der Waals surface area contributed by atoms with Gasteiger partial charge in [-0.2, -0.15) is 0 Å². The number of carbonyl (C=O) groups is 1. The Balaban J connectivity index is 1.93. The van der Waals surface area contributed by atoms with Crippen LogP contribution >= 0.6 is 0 Å². The van der Waals surface area contributed by atoms with E-state index < -0.39 is 0 Å². The largest absolute Gasteiger partial charge is 0.497 e. The molecule has 1 atom stereocenters. The molecule has 1 unspecified atom stereocenters. The molecule has 0 spiro atoms. The van der Waals surface area contributed by atoms with Crippen LogP contribution in [0.25, 0.3) is 0 Å². The molecule has 4 heteroatoms. The van der Waals surface area contributed by atoms with E-state index in [1.807, 2.05) is 61.5 Å². The summed E-state index contributed by atoms with van der Waals surface area (Å²) in [6.45, 7) is 2.49. The van der Waals surface area contributed by atoms with Crippen LogP contribution in [-0.4, -0.2) is 25.1 Å². The second kappa shape index (κ2) is 7.50. The summed E-state index contributed by atoms with van der Waals surface area (Å²) in [5.41, 5.74) is 2.12. The van der Waals surface area contributed by atoms with Crippen molar-refractivity contribution < 1.29 is 9.53 Å². The molecule has 0 radical (unpaired) electrons. The lowest BCUT2D eigenvalue weighted by Gasteiger charge is -2.25. The SMILES string of the molecule is COc1cccc(CNC(=O)N(C)C(C)c2ccccc2)c1. The smallest absolute Gasteiger partial charge is 0.317 e. The van der Waals surface area contributed by atoms with Crippen LogP contribution in [-0.2, 0) is 6.54 Å². The van der Waals surface area contributed by atoms with Gasteiger partial charge in [0.25, 0.3) is 0 Å². The molecule has 0 saturated heterocycles. The minimum Gasteiger partial charge on any atom is -0.497 e. The minimum absolute atomic E-state index is 0.0199. The Morgan fingerprint density at radius 2 is 1.91 bits per heavy atom. The first-order valence-corrected chi connectivity index (χ1v) is 7.30. The fourth-order valence-corrected chi connectivity index (χ4v) is 2.22. The number of methoxy groups -OCH3 is 1. The molecular formula is C18H22N2O2. The highest BCUT2D eigenvalue weighted by molar-refractivity contribution is 5.74. The van der Waals surface area contributed by atoms with E-state index in [0.29, 0.717) is 6.54 Å². The summed E-state index contributed by atoms with van der Waals surface area (Å²) in [6, 6.07) is 17.6. The molecule has 2 aromatic carbocycles. The first-order valence-electron chi connectivity index (χ1n) is 7.30. The normalized spacial score (nSPS) is 11.6. The van der Waals surface area contributed by atoms with Gasteiger partial charge in [0.2, 0.25) is 0 Å². The van der Waals surface area contributed by atoms with Gasteiger partial charge in [-0.25, -0.2) is 4.79 Å². The molecule has 0 aliphatic carbocycles. The topological polar surface area (TPSA) is 41.6 Å². The standard InChI is InChI=1S/C18H22N2O2/c1-14(16-9-5-4-6-10-16)20(2)18(21)19-13-15-8-7-11-17(12-15)22-3/h4-12,14H,13H2,1-3H3,(H,19,21). The molecule has 0 aliphatic rings. The number of hydrogen-bond donors (Lipinski definition) is 1. The summed E-state index contributed by atoms with van der Waals surface area (Å²) in [6.07, 6.45) is 0. The third-order valence-electron chi connectivity index (χ3n) is 3.76. The molecule has 2 amide bonds. The van der Waals surface area contributed by atoms with Crippen LogP contribution in [0.1, 0.15) is 24.1 Å². The number of amides is 2. The van der Waals surface area contributed by atoms with Gasteiger partial charge < -0.3 is 15.0 Å². The third kappa shape index (κ3) is 4.01. The van der Waals surface area contributed by atoms with Gasteiger partial charge in [0, 0.05) is 13.6 Å². The van der Waals surface area contributed by atoms with E-state index in [9.17, 15) is 4.79 Å². The van der Waals surface area contributed by atoms with Crippen molar-refractivity contribution in [3.8, 4) is 5.75 Å². The average Bonchev–Trinajstić information content (AvgIpc) is 2.59. The molecule has 0 saturated carbocycles. The van der Waals surface area contributed by atoms with Crippen molar-refractivity contribution in [1.29, 1.82) is 0 Å². The molecule has 0 aliphatic heterocycles. The number of hydrogen-bond acceptors (Lipinski definition) is 2. The number of carbonyl (C=O) groups excluding carboxylic acids is 1. The van der Waals surface area contributed by atoms with Gasteiger partial charge in [0.1, 0.15) is 5.75 Å². The number of urea groups is 1. The highest BCUT2D eigenvalue weighted by Crippen LogP contribution is 2.18. The Morgan fingerprint density at radius 1 is 1.18 bits per heavy atom. The van der Waals surface area contributed by atoms with Crippen molar-refractivity contribution >= 4 is 6.03 Å². The van der Waals surface area contributed by atoms with E-state index in [1.54, 1.807) is 19.1 Å². The van der Waals surface area contributed by atoms with Crippen molar-refractivity contribution in [2.45, 2.75) is 19.5 Å². The second-order valence-electron chi connectivity index (χ2n) is 5.21. The Labute approximate surface area is 131 Å². The Bertz CT molecular complexity index is 613. The molecule has 0 heterocycles. The molecule has 2 rings (SSSR count). The van der Waals surface area contributed by atoms with Gasteiger partial charge in [-0.05, 0) is 30.2 Å². The predicted octanol–water partition coefficient (Wildman–Crippen LogP) is 3.60. The van der Waals surface area contributed by atoms with E-state index in [4.69, 9.17) is 4.74 Å². The van der Waals surface area contributed by atoms with Crippen LogP contribution in [0, 0.1) is 0 Å². The lowest BCUT2D eigenvalue weighted by Crippen LogP contribution is -2.38. The van der Waals surface area contributed by atoms with Crippen molar-refractivity contribution in [2.75, 3.05) is 14.2 Å². The number of rotatable bonds is 5. The zero-order chi connectivity index (χ0) is 15.9. The summed E-state index contributed by atoms with van der Waals surface area (Å²) in [5, 5.41) is 2.93. The van der Waals surface area contributed by atoms with Crippen molar-refractivity contribution in [3.63, 3.8) is 0 Å². The molecule has 22 heavy (non-hydrogen) atoms. The first-order chi connectivity index (χ1) is 10.6. The monoisotopic (exact) mass is 298 g/mol. The molecule has 0 bridgehead atoms. The lowest BCUT2D eigenvalue weighted by molar-refractivity contribution is 0.194. The zero-order valence-corrected chi connectivity index (χ0v) is 13.2. The van der Waals surface area contributed by atoms with Crippen LogP contribution in [0.5, 0.6) is 5.75 Å². The first kappa shape index (κ1) is 15.9. The highest BCUT2D eigenvalue weighted by atomic mass is 16.5. The quantitative estimate of drug-likeness (QED) is 0.916. The summed E-state index contributed by atoms with van der Waals surface area (Å²) in [4.78, 5) is 14.0. The van der Waals surface area contributed by atoms with Crippen molar-refractivity contribution in [1.82, 2.24) is 10.2 Å². The Hall–Kier alpha value is -2.49. The van der Waals surface area contributed by atoms with Crippen LogP contribution in [0.2, 0.25) is 0 Å². The lowest BCUT2D eigenvalue weighted by atomic mass is 10.1. The third-order valence-corrected chi connectivity index (χ3v) is 3.76. The number of benzene rings is 2. The molecule has 116 valence electrons. The fourth-order valence-electron chi connectivity index (χ4n) is 2.22. The van der Waals surface area contributed by atoms with E-state index in [-0.39, 0.29) is 12.1 Å². The maximum Gasteiger partial charge on any atom is 0.317 e. The van der Waals surface area contributed by atoms with E-state index >= 15 is 0 Å². The summed E-state index contributed by atoms with van der Waals surface area (Å²) in [7, 11) is 3.44. The molecule has 4 nitrogen and oxygen atoms in total. The van der Waals surface area contributed by atoms with Gasteiger partial charge >= 0.3 is 6.03 Å². The number of ether oxygens (including phenoxy) is 1. The average molecular weight is 298 g/mol. The van der Waals surface area contributed by atoms with Crippen molar-refractivity contribution in [2.24, 2.45) is 0 Å². The van der Waals surface area contributed by atoms with Crippen LogP contribution in [0.15, 0.2) is 54.6 Å². The van der Waals surface area contributed by atoms with E-state index in [2.05, 4.69) is 5.32 Å². The van der Waals surface area contributed by atoms with Gasteiger partial charge in [0.05, 0.1) is 13.2 Å². The van der Waals surface area contributed by atoms with E-state index in [0.717, 1.165) is 16.9 Å². The van der Waals surface area contributed by atoms with Gasteiger partial charge in [-0.15, -0.1) is 0 Å². The van der Waals surface area contributed by atoms with E-state index in [1.165, 1.54) is 0 Å². The van der Waals surface area contributed by atoms with Crippen molar-refractivity contribution in [3.05, 3.63) is 65.7 Å². The van der Waals surface area contributed by atoms with Crippen LogP contribution in [0.3, 0.4) is 0 Å². The molecule has 2 aromatic rings. The second-order valence-corrected chi connectivity index (χ2v) is 5.21. The summed E-state index contributed by atoms with van der Waals surface area (Å²) in [5.74, 6) is 0.790. The number of nitrogens with zero attached hydrogens (tertiary/aromatic N) is 1. The zero-order valence-electron chi connectivity index (χ0n) is 13.2. The summed E-state index contributed by atoms with van der Waals surface area (Å²) < 4.78 is 5.18. The number of nitrogens with one attached hydrogen (secondary N) is 1. The molecule has 1 N–H and O–H groups in total. The van der Waals surface area contributed by atoms with Gasteiger partial charge in [0.15, 0.2) is 0 Å². The maximum absolute atomic E-state index is 12.3. The minimum atomic E-state index is -0.0980. The highest BCUT2D eigenvalue weighted by Gasteiger charge is 2.16. The van der Waals surface area contributed by atoms with Gasteiger partial charge in [-0.1, -0.05) is 42.5 Å². The molecular weight excluding hydrogens is 276 g/mol. The summed E-state index contributed by atoms with van der Waals surface area (Å²) >= 11 is 0. The van der Waals surface area contributed by atoms with Crippen LogP contribution < -0.4 is 10.1 Å². The Morgan fingerprint density at radius 3 is 2.59 bits per heavy atom. The van der Waals surface area contributed by atoms with Gasteiger partial charge in [-0.3, -0.25) is 0 Å².